The highest BCUT2D eigenvalue weighted by Gasteiger charge is 2.08. The van der Waals surface area contributed by atoms with Crippen LogP contribution in [-0.4, -0.2) is 47.1 Å². The fraction of sp³-hybridized carbons (Fsp3) is 0.538. The molecule has 0 atom stereocenters. The number of carboxylic acid groups (broad SMARTS) is 1. The molecular weight excluding hydrogens is 230 g/mol. The van der Waals surface area contributed by atoms with Gasteiger partial charge in [-0.1, -0.05) is 13.8 Å². The number of aromatic carboxylic acids is 1. The Morgan fingerprint density at radius 2 is 2.06 bits per heavy atom. The number of likely N-dealkylation sites (N-methyl/N-ethyl adjacent to an activating group) is 1. The molecule has 2 N–H and O–H groups in total. The number of nitrogens with zero attached hydrogens (tertiary/aromatic N) is 2. The summed E-state index contributed by atoms with van der Waals surface area (Å²) in [4.78, 5) is 17.4. The second-order valence-electron chi connectivity index (χ2n) is 4.09. The summed E-state index contributed by atoms with van der Waals surface area (Å²) >= 11 is 0. The molecule has 0 aliphatic heterocycles. The van der Waals surface area contributed by atoms with E-state index in [1.165, 1.54) is 0 Å². The maximum absolute atomic E-state index is 10.8. The largest absolute Gasteiger partial charge is 0.478 e. The average Bonchev–Trinajstić information content (AvgIpc) is 2.34. The summed E-state index contributed by atoms with van der Waals surface area (Å²) in [7, 11) is 0. The monoisotopic (exact) mass is 251 g/mol. The van der Waals surface area contributed by atoms with E-state index >= 15 is 0 Å². The van der Waals surface area contributed by atoms with E-state index in [1.807, 2.05) is 0 Å². The van der Waals surface area contributed by atoms with E-state index in [0.29, 0.717) is 5.69 Å². The number of carbonyl (C=O) groups is 1. The van der Waals surface area contributed by atoms with Gasteiger partial charge in [0.25, 0.3) is 0 Å². The third kappa shape index (κ3) is 4.00. The summed E-state index contributed by atoms with van der Waals surface area (Å²) in [5.41, 5.74) is 0.791. The Bertz CT molecular complexity index is 403. The van der Waals surface area contributed by atoms with E-state index in [1.54, 1.807) is 19.1 Å². The zero-order chi connectivity index (χ0) is 13.5. The van der Waals surface area contributed by atoms with Crippen LogP contribution in [-0.2, 0) is 0 Å². The van der Waals surface area contributed by atoms with Crippen LogP contribution in [0.2, 0.25) is 0 Å². The summed E-state index contributed by atoms with van der Waals surface area (Å²) in [5, 5.41) is 12.1. The van der Waals surface area contributed by atoms with Crippen molar-refractivity contribution in [1.82, 2.24) is 9.88 Å². The fourth-order valence-electron chi connectivity index (χ4n) is 1.77. The fourth-order valence-corrected chi connectivity index (χ4v) is 1.77. The first-order chi connectivity index (χ1) is 8.58. The highest BCUT2D eigenvalue weighted by Crippen LogP contribution is 2.10. The Morgan fingerprint density at radius 3 is 2.56 bits per heavy atom. The molecule has 1 aromatic rings. The highest BCUT2D eigenvalue weighted by molar-refractivity contribution is 5.89. The smallest absolute Gasteiger partial charge is 0.337 e. The molecule has 0 spiro atoms. The first-order valence-corrected chi connectivity index (χ1v) is 6.25. The second kappa shape index (κ2) is 6.96. The van der Waals surface area contributed by atoms with E-state index < -0.39 is 5.97 Å². The molecule has 0 aliphatic rings. The molecule has 5 nitrogen and oxygen atoms in total. The standard InChI is InChI=1S/C13H21N3O2/c1-4-16(5-2)9-8-14-12-7-6-11(13(17)18)10(3)15-12/h6-7H,4-5,8-9H2,1-3H3,(H,14,15)(H,17,18). The molecule has 100 valence electrons. The molecule has 0 amide bonds. The number of aromatic nitrogens is 1. The van der Waals surface area contributed by atoms with E-state index in [-0.39, 0.29) is 5.56 Å². The van der Waals surface area contributed by atoms with Crippen LogP contribution in [0.5, 0.6) is 0 Å². The van der Waals surface area contributed by atoms with Crippen molar-refractivity contribution < 1.29 is 9.90 Å². The summed E-state index contributed by atoms with van der Waals surface area (Å²) in [6.45, 7) is 9.79. The van der Waals surface area contributed by atoms with Crippen LogP contribution in [0.3, 0.4) is 0 Å². The average molecular weight is 251 g/mol. The predicted octanol–water partition coefficient (Wildman–Crippen LogP) is 1.84. The van der Waals surface area contributed by atoms with Crippen LogP contribution >= 0.6 is 0 Å². The lowest BCUT2D eigenvalue weighted by atomic mass is 10.2. The Morgan fingerprint density at radius 1 is 1.39 bits per heavy atom. The first-order valence-electron chi connectivity index (χ1n) is 6.25. The van der Waals surface area contributed by atoms with Crippen LogP contribution in [0.25, 0.3) is 0 Å². The number of pyridine rings is 1. The lowest BCUT2D eigenvalue weighted by molar-refractivity contribution is 0.0695. The van der Waals surface area contributed by atoms with Crippen molar-refractivity contribution in [2.24, 2.45) is 0 Å². The normalized spacial score (nSPS) is 10.7. The topological polar surface area (TPSA) is 65.5 Å². The molecule has 18 heavy (non-hydrogen) atoms. The number of nitrogens with one attached hydrogen (secondary N) is 1. The lowest BCUT2D eigenvalue weighted by Crippen LogP contribution is -2.28. The molecule has 0 saturated heterocycles. The summed E-state index contributed by atoms with van der Waals surface area (Å²) in [6.07, 6.45) is 0. The van der Waals surface area contributed by atoms with Gasteiger partial charge in [-0.15, -0.1) is 0 Å². The Hall–Kier alpha value is -1.62. The molecule has 0 aliphatic carbocycles. The maximum Gasteiger partial charge on any atom is 0.337 e. The highest BCUT2D eigenvalue weighted by atomic mass is 16.4. The number of anilines is 1. The molecular formula is C13H21N3O2. The van der Waals surface area contributed by atoms with Crippen molar-refractivity contribution in [1.29, 1.82) is 0 Å². The quantitative estimate of drug-likeness (QED) is 0.774. The maximum atomic E-state index is 10.8. The van der Waals surface area contributed by atoms with E-state index in [2.05, 4.69) is 29.0 Å². The number of hydrogen-bond acceptors (Lipinski definition) is 4. The van der Waals surface area contributed by atoms with Crippen LogP contribution in [0, 0.1) is 6.92 Å². The van der Waals surface area contributed by atoms with Crippen LogP contribution in [0.4, 0.5) is 5.82 Å². The Kier molecular flexibility index (Phi) is 5.58. The Labute approximate surface area is 108 Å². The molecule has 1 heterocycles. The zero-order valence-corrected chi connectivity index (χ0v) is 11.2. The van der Waals surface area contributed by atoms with Crippen molar-refractivity contribution in [3.05, 3.63) is 23.4 Å². The minimum Gasteiger partial charge on any atom is -0.478 e. The SMILES string of the molecule is CCN(CC)CCNc1ccc(C(=O)O)c(C)n1. The molecule has 5 heteroatoms. The number of hydrogen-bond donors (Lipinski definition) is 2. The summed E-state index contributed by atoms with van der Waals surface area (Å²) < 4.78 is 0. The molecule has 0 unspecified atom stereocenters. The molecule has 0 radical (unpaired) electrons. The van der Waals surface area contributed by atoms with Crippen LogP contribution < -0.4 is 5.32 Å². The minimum absolute atomic E-state index is 0.254. The molecule has 1 aromatic heterocycles. The van der Waals surface area contributed by atoms with Gasteiger partial charge in [-0.25, -0.2) is 9.78 Å². The van der Waals surface area contributed by atoms with Crippen LogP contribution in [0.1, 0.15) is 29.9 Å². The van der Waals surface area contributed by atoms with Gasteiger partial charge in [0, 0.05) is 13.1 Å². The lowest BCUT2D eigenvalue weighted by Gasteiger charge is -2.18. The van der Waals surface area contributed by atoms with Gasteiger partial charge in [-0.3, -0.25) is 0 Å². The minimum atomic E-state index is -0.935. The van der Waals surface area contributed by atoms with Crippen molar-refractivity contribution in [3.8, 4) is 0 Å². The third-order valence-electron chi connectivity index (χ3n) is 2.94. The van der Waals surface area contributed by atoms with Gasteiger partial charge >= 0.3 is 5.97 Å². The van der Waals surface area contributed by atoms with Gasteiger partial charge < -0.3 is 15.3 Å². The van der Waals surface area contributed by atoms with Gasteiger partial charge in [0.2, 0.25) is 0 Å². The van der Waals surface area contributed by atoms with E-state index in [4.69, 9.17) is 5.11 Å². The van der Waals surface area contributed by atoms with Crippen molar-refractivity contribution >= 4 is 11.8 Å². The number of rotatable bonds is 7. The van der Waals surface area contributed by atoms with Gasteiger partial charge in [0.05, 0.1) is 11.3 Å². The van der Waals surface area contributed by atoms with E-state index in [0.717, 1.165) is 32.0 Å². The summed E-state index contributed by atoms with van der Waals surface area (Å²) in [5.74, 6) is -0.209. The molecule has 1 rings (SSSR count). The van der Waals surface area contributed by atoms with Gasteiger partial charge in [-0.2, -0.15) is 0 Å². The molecule has 0 saturated carbocycles. The first kappa shape index (κ1) is 14.4. The van der Waals surface area contributed by atoms with Crippen LogP contribution in [0.15, 0.2) is 12.1 Å². The molecule has 0 fully saturated rings. The second-order valence-corrected chi connectivity index (χ2v) is 4.09. The van der Waals surface area contributed by atoms with E-state index in [9.17, 15) is 4.79 Å². The number of carboxylic acids is 1. The van der Waals surface area contributed by atoms with Gasteiger partial charge in [-0.05, 0) is 32.1 Å². The molecule has 0 aromatic carbocycles. The third-order valence-corrected chi connectivity index (χ3v) is 2.94. The number of aryl methyl sites for hydroxylation is 1. The van der Waals surface area contributed by atoms with Crippen molar-refractivity contribution in [2.75, 3.05) is 31.5 Å². The molecule has 0 bridgehead atoms. The Balaban J connectivity index is 2.53. The predicted molar refractivity (Wildman–Crippen MR) is 72.2 cm³/mol. The van der Waals surface area contributed by atoms with Crippen molar-refractivity contribution in [2.45, 2.75) is 20.8 Å². The van der Waals surface area contributed by atoms with Gasteiger partial charge in [0.1, 0.15) is 5.82 Å². The summed E-state index contributed by atoms with van der Waals surface area (Å²) in [6, 6.07) is 3.29. The van der Waals surface area contributed by atoms with Gasteiger partial charge in [0.15, 0.2) is 0 Å². The van der Waals surface area contributed by atoms with Crippen molar-refractivity contribution in [3.63, 3.8) is 0 Å². The zero-order valence-electron chi connectivity index (χ0n) is 11.2.